The second-order valence-corrected chi connectivity index (χ2v) is 3.68. The van der Waals surface area contributed by atoms with Gasteiger partial charge < -0.3 is 10.6 Å². The van der Waals surface area contributed by atoms with E-state index < -0.39 is 0 Å². The van der Waals surface area contributed by atoms with Gasteiger partial charge in [0.2, 0.25) is 0 Å². The fraction of sp³-hybridized carbons (Fsp3) is 0.200. The van der Waals surface area contributed by atoms with Gasteiger partial charge in [-0.2, -0.15) is 5.10 Å². The summed E-state index contributed by atoms with van der Waals surface area (Å²) < 4.78 is 0. The molecule has 0 aromatic heterocycles. The van der Waals surface area contributed by atoms with E-state index in [-0.39, 0.29) is 25.0 Å². The highest BCUT2D eigenvalue weighted by molar-refractivity contribution is 6.33. The van der Waals surface area contributed by atoms with E-state index in [1.807, 2.05) is 18.2 Å². The van der Waals surface area contributed by atoms with Gasteiger partial charge in [0, 0.05) is 10.6 Å². The first-order chi connectivity index (χ1) is 8.24. The van der Waals surface area contributed by atoms with Crippen molar-refractivity contribution in [3.8, 4) is 0 Å². The van der Waals surface area contributed by atoms with Gasteiger partial charge in [-0.3, -0.25) is 0 Å². The van der Waals surface area contributed by atoms with Crippen LogP contribution in [-0.2, 0) is 4.84 Å². The van der Waals surface area contributed by atoms with Crippen molar-refractivity contribution in [2.24, 2.45) is 16.0 Å². The first-order valence-electron chi connectivity index (χ1n) is 4.79. The number of guanidine groups is 1. The normalized spacial score (nSPS) is 11.1. The van der Waals surface area contributed by atoms with Crippen molar-refractivity contribution in [3.63, 3.8) is 0 Å². The van der Waals surface area contributed by atoms with Crippen LogP contribution in [0.5, 0.6) is 0 Å². The summed E-state index contributed by atoms with van der Waals surface area (Å²) in [7, 11) is 0. The minimum Gasteiger partial charge on any atom is -0.392 e. The molecule has 18 heavy (non-hydrogen) atoms. The molecular formula is C10H13Cl3N4O. The molecule has 0 amide bonds. The quantitative estimate of drug-likeness (QED) is 0.288. The summed E-state index contributed by atoms with van der Waals surface area (Å²) in [6, 6.07) is 7.28. The largest absolute Gasteiger partial charge is 0.392 e. The number of nitrogens with zero attached hydrogens (tertiary/aromatic N) is 2. The van der Waals surface area contributed by atoms with Gasteiger partial charge in [-0.25, -0.2) is 5.43 Å². The summed E-state index contributed by atoms with van der Waals surface area (Å²) in [6.45, 7) is 0.290. The van der Waals surface area contributed by atoms with Crippen LogP contribution in [-0.4, -0.2) is 24.7 Å². The summed E-state index contributed by atoms with van der Waals surface area (Å²) in [5, 5.41) is 7.98. The molecule has 0 spiro atoms. The molecule has 0 saturated carbocycles. The lowest BCUT2D eigenvalue weighted by molar-refractivity contribution is 0.159. The molecule has 1 aromatic carbocycles. The lowest BCUT2D eigenvalue weighted by atomic mass is 10.2. The monoisotopic (exact) mass is 310 g/mol. The minimum atomic E-state index is 0. The maximum atomic E-state index is 5.92. The van der Waals surface area contributed by atoms with Gasteiger partial charge in [-0.15, -0.1) is 24.0 Å². The van der Waals surface area contributed by atoms with Crippen LogP contribution in [0.25, 0.3) is 0 Å². The molecule has 0 radical (unpaired) electrons. The Bertz CT molecular complexity index is 412. The van der Waals surface area contributed by atoms with Crippen LogP contribution < -0.4 is 11.2 Å². The Morgan fingerprint density at radius 1 is 1.44 bits per heavy atom. The summed E-state index contributed by atoms with van der Waals surface area (Å²) >= 11 is 11.3. The van der Waals surface area contributed by atoms with Crippen LogP contribution in [0.2, 0.25) is 5.02 Å². The highest BCUT2D eigenvalue weighted by Crippen LogP contribution is 2.11. The topological polar surface area (TPSA) is 72.0 Å². The van der Waals surface area contributed by atoms with Crippen LogP contribution in [0.15, 0.2) is 34.5 Å². The molecule has 5 nitrogen and oxygen atoms in total. The number of nitrogens with two attached hydrogens (primary N) is 1. The van der Waals surface area contributed by atoms with Crippen molar-refractivity contribution in [1.29, 1.82) is 0 Å². The maximum Gasteiger partial charge on any atom is 0.251 e. The number of nitrogens with one attached hydrogen (secondary N) is 1. The number of hydrogen-bond acceptors (Lipinski definition) is 3. The number of rotatable bonds is 5. The molecule has 3 N–H and O–H groups in total. The summed E-state index contributed by atoms with van der Waals surface area (Å²) in [6.07, 6.45) is 1.53. The molecule has 100 valence electrons. The van der Waals surface area contributed by atoms with Crippen molar-refractivity contribution in [3.05, 3.63) is 34.9 Å². The van der Waals surface area contributed by atoms with E-state index in [2.05, 4.69) is 15.7 Å². The highest BCUT2D eigenvalue weighted by Gasteiger charge is 1.94. The zero-order valence-electron chi connectivity index (χ0n) is 9.35. The molecule has 0 saturated heterocycles. The van der Waals surface area contributed by atoms with E-state index >= 15 is 0 Å². The zero-order chi connectivity index (χ0) is 12.5. The molecule has 0 fully saturated rings. The van der Waals surface area contributed by atoms with Crippen molar-refractivity contribution in [1.82, 2.24) is 5.43 Å². The molecule has 0 bridgehead atoms. The Hall–Kier alpha value is -1.17. The number of benzene rings is 1. The van der Waals surface area contributed by atoms with Crippen molar-refractivity contribution >= 4 is 47.8 Å². The number of hydrazone groups is 1. The minimum absolute atomic E-state index is 0. The third-order valence-corrected chi connectivity index (χ3v) is 2.12. The fourth-order valence-electron chi connectivity index (χ4n) is 0.918. The Morgan fingerprint density at radius 2 is 2.17 bits per heavy atom. The van der Waals surface area contributed by atoms with Crippen molar-refractivity contribution < 1.29 is 4.84 Å². The summed E-state index contributed by atoms with van der Waals surface area (Å²) in [5.41, 5.74) is 8.70. The smallest absolute Gasteiger partial charge is 0.251 e. The Morgan fingerprint density at radius 3 is 2.83 bits per heavy atom. The third kappa shape index (κ3) is 6.54. The van der Waals surface area contributed by atoms with E-state index in [1.165, 1.54) is 6.21 Å². The van der Waals surface area contributed by atoms with Gasteiger partial charge in [0.25, 0.3) is 5.96 Å². The SMILES string of the molecule is Cl.NC(=NOCCCl)NN=Cc1ccccc1Cl. The Kier molecular flexibility index (Phi) is 9.18. The van der Waals surface area contributed by atoms with Crippen LogP contribution in [0.4, 0.5) is 0 Å². The average Bonchev–Trinajstić information content (AvgIpc) is 2.32. The van der Waals surface area contributed by atoms with E-state index in [4.69, 9.17) is 33.8 Å². The zero-order valence-corrected chi connectivity index (χ0v) is 11.7. The van der Waals surface area contributed by atoms with Crippen LogP contribution in [0, 0.1) is 0 Å². The molecule has 0 aliphatic heterocycles. The van der Waals surface area contributed by atoms with Crippen LogP contribution in [0.3, 0.4) is 0 Å². The van der Waals surface area contributed by atoms with Gasteiger partial charge in [0.05, 0.1) is 12.1 Å². The Balaban J connectivity index is 0.00000289. The molecule has 0 aliphatic carbocycles. The van der Waals surface area contributed by atoms with Gasteiger partial charge in [-0.1, -0.05) is 29.8 Å². The fourth-order valence-corrected chi connectivity index (χ4v) is 1.17. The predicted octanol–water partition coefficient (Wildman–Crippen LogP) is 2.17. The molecule has 1 rings (SSSR count). The van der Waals surface area contributed by atoms with Gasteiger partial charge in [-0.05, 0) is 11.2 Å². The number of oxime groups is 1. The van der Waals surface area contributed by atoms with E-state index in [0.29, 0.717) is 10.9 Å². The lowest BCUT2D eigenvalue weighted by Crippen LogP contribution is -2.27. The number of alkyl halides is 1. The van der Waals surface area contributed by atoms with Crippen LogP contribution >= 0.6 is 35.6 Å². The molecule has 0 heterocycles. The first-order valence-corrected chi connectivity index (χ1v) is 5.70. The molecular weight excluding hydrogens is 298 g/mol. The predicted molar refractivity (Wildman–Crippen MR) is 77.7 cm³/mol. The van der Waals surface area contributed by atoms with E-state index in [9.17, 15) is 0 Å². The molecule has 0 aliphatic rings. The van der Waals surface area contributed by atoms with Gasteiger partial charge in [0.1, 0.15) is 6.61 Å². The standard InChI is InChI=1S/C10H12Cl2N4O.ClH/c11-5-6-17-16-10(13)15-14-7-8-3-1-2-4-9(8)12;/h1-4,7H,5-6H2,(H3,13,15,16);1H. The summed E-state index contributed by atoms with van der Waals surface area (Å²) in [4.78, 5) is 4.74. The van der Waals surface area contributed by atoms with E-state index in [1.54, 1.807) is 6.07 Å². The van der Waals surface area contributed by atoms with E-state index in [0.717, 1.165) is 5.56 Å². The molecule has 0 unspecified atom stereocenters. The Labute approximate surface area is 121 Å². The van der Waals surface area contributed by atoms with Crippen molar-refractivity contribution in [2.45, 2.75) is 0 Å². The second-order valence-electron chi connectivity index (χ2n) is 2.89. The molecule has 8 heteroatoms. The average molecular weight is 312 g/mol. The second kappa shape index (κ2) is 9.82. The van der Waals surface area contributed by atoms with Crippen molar-refractivity contribution in [2.75, 3.05) is 12.5 Å². The lowest BCUT2D eigenvalue weighted by Gasteiger charge is -1.99. The third-order valence-electron chi connectivity index (χ3n) is 1.62. The van der Waals surface area contributed by atoms with Gasteiger partial charge in [0.15, 0.2) is 0 Å². The summed E-state index contributed by atoms with van der Waals surface area (Å²) in [5.74, 6) is 0.387. The number of halogens is 3. The first kappa shape index (κ1) is 16.8. The van der Waals surface area contributed by atoms with Gasteiger partial charge >= 0.3 is 0 Å². The number of hydrogen-bond donors (Lipinski definition) is 2. The highest BCUT2D eigenvalue weighted by atomic mass is 35.5. The van der Waals surface area contributed by atoms with Crippen LogP contribution in [0.1, 0.15) is 5.56 Å². The maximum absolute atomic E-state index is 5.92. The molecule has 1 aromatic rings. The molecule has 0 atom stereocenters.